The van der Waals surface area contributed by atoms with Gasteiger partial charge in [-0.3, -0.25) is 0 Å². The van der Waals surface area contributed by atoms with Gasteiger partial charge in [0.2, 0.25) is 0 Å². The predicted octanol–water partition coefficient (Wildman–Crippen LogP) is 5.00. The molecular weight excluding hydrogens is 541 g/mol. The number of nitrogens with one attached hydrogen (secondary N) is 2. The fourth-order valence-corrected chi connectivity index (χ4v) is 5.20. The van der Waals surface area contributed by atoms with E-state index in [1.54, 1.807) is 23.1 Å². The molecule has 0 unspecified atom stereocenters. The molecule has 2 aromatic heterocycles. The summed E-state index contributed by atoms with van der Waals surface area (Å²) in [5, 5.41) is 19.9. The second-order valence-electron chi connectivity index (χ2n) is 7.96. The van der Waals surface area contributed by atoms with E-state index in [9.17, 15) is 0 Å². The second-order valence-corrected chi connectivity index (χ2v) is 9.67. The highest BCUT2D eigenvalue weighted by atomic mass is 127. The molecule has 0 aliphatic heterocycles. The van der Waals surface area contributed by atoms with Crippen LogP contribution in [0.2, 0.25) is 0 Å². The molecule has 1 aliphatic carbocycles. The van der Waals surface area contributed by atoms with Crippen molar-refractivity contribution in [3.63, 3.8) is 0 Å². The molecule has 0 atom stereocenters. The van der Waals surface area contributed by atoms with Gasteiger partial charge in [0, 0.05) is 30.9 Å². The van der Waals surface area contributed by atoms with Gasteiger partial charge in [-0.1, -0.05) is 38.5 Å². The quantitative estimate of drug-likeness (QED) is 0.136. The first-order valence-electron chi connectivity index (χ1n) is 11.1. The van der Waals surface area contributed by atoms with Crippen molar-refractivity contribution in [1.82, 2.24) is 30.4 Å². The van der Waals surface area contributed by atoms with E-state index in [0.29, 0.717) is 18.5 Å². The van der Waals surface area contributed by atoms with E-state index < -0.39 is 0 Å². The first kappa shape index (κ1) is 26.4. The maximum Gasteiger partial charge on any atom is 0.191 e. The number of hydrogen-bond donors (Lipinski definition) is 2. The van der Waals surface area contributed by atoms with E-state index in [4.69, 9.17) is 4.99 Å². The molecule has 2 aromatic rings. The lowest BCUT2D eigenvalue weighted by atomic mass is 10.2. The summed E-state index contributed by atoms with van der Waals surface area (Å²) in [6, 6.07) is 0.582. The Balaban J connectivity index is 0.00000341. The average molecular weight is 578 g/mol. The molecular formula is C21H36IN7S2. The van der Waals surface area contributed by atoms with Crippen LogP contribution in [0.25, 0.3) is 0 Å². The van der Waals surface area contributed by atoms with Gasteiger partial charge in [-0.15, -0.1) is 45.5 Å². The lowest BCUT2D eigenvalue weighted by Gasteiger charge is -2.16. The molecule has 0 aromatic carbocycles. The van der Waals surface area contributed by atoms with Gasteiger partial charge in [0.25, 0.3) is 0 Å². The Kier molecular flexibility index (Phi) is 11.6. The molecule has 2 heterocycles. The molecule has 31 heavy (non-hydrogen) atoms. The van der Waals surface area contributed by atoms with Crippen LogP contribution in [0, 0.1) is 0 Å². The molecule has 1 aliphatic rings. The summed E-state index contributed by atoms with van der Waals surface area (Å²) in [6.45, 7) is 8.74. The van der Waals surface area contributed by atoms with Crippen molar-refractivity contribution >= 4 is 53.0 Å². The van der Waals surface area contributed by atoms with Crippen LogP contribution in [0.15, 0.2) is 15.5 Å². The second kappa shape index (κ2) is 13.6. The Morgan fingerprint density at radius 3 is 2.71 bits per heavy atom. The maximum atomic E-state index is 4.70. The lowest BCUT2D eigenvalue weighted by Crippen LogP contribution is -2.37. The molecule has 0 spiro atoms. The van der Waals surface area contributed by atoms with Crippen molar-refractivity contribution in [3.8, 4) is 0 Å². The smallest absolute Gasteiger partial charge is 0.191 e. The molecule has 3 rings (SSSR count). The Bertz CT molecular complexity index is 813. The Morgan fingerprint density at radius 1 is 1.29 bits per heavy atom. The largest absolute Gasteiger partial charge is 0.357 e. The lowest BCUT2D eigenvalue weighted by molar-refractivity contribution is 0.460. The topological polar surface area (TPSA) is 80.0 Å². The number of halogens is 1. The predicted molar refractivity (Wildman–Crippen MR) is 142 cm³/mol. The number of guanidine groups is 1. The summed E-state index contributed by atoms with van der Waals surface area (Å²) in [6.07, 6.45) is 9.16. The van der Waals surface area contributed by atoms with Crippen molar-refractivity contribution in [3.05, 3.63) is 21.9 Å². The third-order valence-corrected chi connectivity index (χ3v) is 6.85. The zero-order valence-corrected chi connectivity index (χ0v) is 23.0. The number of thiazole rings is 1. The molecule has 1 fully saturated rings. The van der Waals surface area contributed by atoms with E-state index in [1.165, 1.54) is 25.7 Å². The number of rotatable bonds is 10. The van der Waals surface area contributed by atoms with Crippen molar-refractivity contribution < 1.29 is 0 Å². The standard InChI is InChI=1S/C21H35N7S2.HI/c1-5-22-20(24-13-19-25-17(14-30-19)15(2)3)23-12-8-11-18-26-27-21(29-4)28(18)16-9-6-7-10-16;/h14-16H,5-13H2,1-4H3,(H2,22,23,24);1H. The first-order valence-corrected chi connectivity index (χ1v) is 13.2. The summed E-state index contributed by atoms with van der Waals surface area (Å²) >= 11 is 3.39. The highest BCUT2D eigenvalue weighted by Gasteiger charge is 2.23. The first-order chi connectivity index (χ1) is 14.6. The van der Waals surface area contributed by atoms with Crippen molar-refractivity contribution in [2.45, 2.75) is 83.0 Å². The molecule has 10 heteroatoms. The Hall–Kier alpha value is -0.880. The summed E-state index contributed by atoms with van der Waals surface area (Å²) in [4.78, 5) is 9.38. The fourth-order valence-electron chi connectivity index (χ4n) is 3.75. The highest BCUT2D eigenvalue weighted by Crippen LogP contribution is 2.33. The van der Waals surface area contributed by atoms with E-state index >= 15 is 0 Å². The van der Waals surface area contributed by atoms with Gasteiger partial charge in [0.05, 0.1) is 12.2 Å². The normalized spacial score (nSPS) is 14.8. The van der Waals surface area contributed by atoms with Crippen molar-refractivity contribution in [1.29, 1.82) is 0 Å². The van der Waals surface area contributed by atoms with Gasteiger partial charge in [-0.25, -0.2) is 9.98 Å². The fraction of sp³-hybridized carbons (Fsp3) is 0.714. The molecule has 2 N–H and O–H groups in total. The average Bonchev–Trinajstić information content (AvgIpc) is 3.49. The van der Waals surface area contributed by atoms with Crippen LogP contribution in [0.5, 0.6) is 0 Å². The molecule has 174 valence electrons. The van der Waals surface area contributed by atoms with Crippen LogP contribution in [-0.2, 0) is 13.0 Å². The zero-order valence-electron chi connectivity index (χ0n) is 19.1. The highest BCUT2D eigenvalue weighted by molar-refractivity contribution is 14.0. The number of thioether (sulfide) groups is 1. The third kappa shape index (κ3) is 7.59. The van der Waals surface area contributed by atoms with Crippen LogP contribution in [0.3, 0.4) is 0 Å². The minimum atomic E-state index is 0. The van der Waals surface area contributed by atoms with Gasteiger partial charge in [-0.05, 0) is 38.4 Å². The number of aromatic nitrogens is 4. The Labute approximate surface area is 211 Å². The van der Waals surface area contributed by atoms with Crippen LogP contribution in [0.4, 0.5) is 0 Å². The van der Waals surface area contributed by atoms with E-state index in [0.717, 1.165) is 53.6 Å². The number of aliphatic imine (C=N–C) groups is 1. The van der Waals surface area contributed by atoms with Crippen molar-refractivity contribution in [2.24, 2.45) is 4.99 Å². The minimum absolute atomic E-state index is 0. The monoisotopic (exact) mass is 577 g/mol. The zero-order chi connectivity index (χ0) is 21.3. The van der Waals surface area contributed by atoms with Gasteiger partial charge >= 0.3 is 0 Å². The van der Waals surface area contributed by atoms with Crippen LogP contribution in [0.1, 0.15) is 81.4 Å². The summed E-state index contributed by atoms with van der Waals surface area (Å²) in [5.41, 5.74) is 1.15. The molecule has 0 amide bonds. The molecule has 0 radical (unpaired) electrons. The van der Waals surface area contributed by atoms with E-state index in [1.807, 2.05) is 0 Å². The van der Waals surface area contributed by atoms with Gasteiger partial charge in [-0.2, -0.15) is 0 Å². The summed E-state index contributed by atoms with van der Waals surface area (Å²) < 4.78 is 2.39. The number of aryl methyl sites for hydroxylation is 1. The van der Waals surface area contributed by atoms with E-state index in [2.05, 4.69) is 62.8 Å². The molecule has 0 saturated heterocycles. The van der Waals surface area contributed by atoms with Crippen LogP contribution in [-0.4, -0.2) is 45.1 Å². The number of nitrogens with zero attached hydrogens (tertiary/aromatic N) is 5. The third-order valence-electron chi connectivity index (χ3n) is 5.35. The minimum Gasteiger partial charge on any atom is -0.357 e. The maximum absolute atomic E-state index is 4.70. The molecule has 1 saturated carbocycles. The van der Waals surface area contributed by atoms with E-state index in [-0.39, 0.29) is 24.0 Å². The summed E-state index contributed by atoms with van der Waals surface area (Å²) in [7, 11) is 0. The van der Waals surface area contributed by atoms with Gasteiger partial charge < -0.3 is 15.2 Å². The van der Waals surface area contributed by atoms with Gasteiger partial charge in [0.1, 0.15) is 10.8 Å². The van der Waals surface area contributed by atoms with Gasteiger partial charge in [0.15, 0.2) is 11.1 Å². The summed E-state index contributed by atoms with van der Waals surface area (Å²) in [5.74, 6) is 2.43. The molecule has 0 bridgehead atoms. The molecule has 7 nitrogen and oxygen atoms in total. The number of hydrogen-bond acceptors (Lipinski definition) is 6. The van der Waals surface area contributed by atoms with Crippen LogP contribution < -0.4 is 10.6 Å². The SMILES string of the molecule is CCNC(=NCc1nc(C(C)C)cs1)NCCCc1nnc(SC)n1C1CCCC1.I. The Morgan fingerprint density at radius 2 is 2.06 bits per heavy atom. The van der Waals surface area contributed by atoms with Crippen molar-refractivity contribution in [2.75, 3.05) is 19.3 Å². The van der Waals surface area contributed by atoms with Crippen LogP contribution >= 0.6 is 47.1 Å².